The molecule has 7 heteroatoms. The van der Waals surface area contributed by atoms with E-state index in [4.69, 9.17) is 4.52 Å². The van der Waals surface area contributed by atoms with Crippen LogP contribution in [0.1, 0.15) is 31.5 Å². The molecule has 17 heavy (non-hydrogen) atoms. The topological polar surface area (TPSA) is 80.1 Å². The molecule has 2 heterocycles. The summed E-state index contributed by atoms with van der Waals surface area (Å²) in [6, 6.07) is 0. The monoisotopic (exact) mass is 260 g/mol. The summed E-state index contributed by atoms with van der Waals surface area (Å²) in [7, 11) is 0. The molecule has 0 aliphatic carbocycles. The number of hydrogen-bond acceptors (Lipinski definition) is 5. The SMILES string of the molecule is CC(=O)NC1(c2noc(C)n2)CCNCC1.Cl. The van der Waals surface area contributed by atoms with Gasteiger partial charge >= 0.3 is 0 Å². The maximum Gasteiger partial charge on any atom is 0.223 e. The van der Waals surface area contributed by atoms with Crippen molar-refractivity contribution in [2.45, 2.75) is 32.2 Å². The molecule has 6 nitrogen and oxygen atoms in total. The number of aryl methyl sites for hydroxylation is 1. The Kier molecular flexibility index (Phi) is 4.47. The van der Waals surface area contributed by atoms with E-state index in [0.29, 0.717) is 11.7 Å². The summed E-state index contributed by atoms with van der Waals surface area (Å²) in [4.78, 5) is 15.5. The van der Waals surface area contributed by atoms with E-state index in [1.54, 1.807) is 6.92 Å². The first kappa shape index (κ1) is 13.9. The fraction of sp³-hybridized carbons (Fsp3) is 0.700. The predicted octanol–water partition coefficient (Wildman–Crippen LogP) is 0.515. The lowest BCUT2D eigenvalue weighted by atomic mass is 9.87. The van der Waals surface area contributed by atoms with Crippen LogP contribution in [0.15, 0.2) is 4.52 Å². The Hall–Kier alpha value is -1.14. The van der Waals surface area contributed by atoms with Gasteiger partial charge in [0.1, 0.15) is 5.54 Å². The number of carbonyl (C=O) groups excluding carboxylic acids is 1. The van der Waals surface area contributed by atoms with Crippen molar-refractivity contribution in [1.29, 1.82) is 0 Å². The molecule has 1 saturated heterocycles. The van der Waals surface area contributed by atoms with Gasteiger partial charge in [-0.05, 0) is 25.9 Å². The van der Waals surface area contributed by atoms with Gasteiger partial charge in [-0.15, -0.1) is 12.4 Å². The van der Waals surface area contributed by atoms with Crippen LogP contribution in [0.25, 0.3) is 0 Å². The summed E-state index contributed by atoms with van der Waals surface area (Å²) in [5, 5.41) is 10.1. The first-order valence-corrected chi connectivity index (χ1v) is 5.43. The molecule has 0 aromatic carbocycles. The highest BCUT2D eigenvalue weighted by Gasteiger charge is 2.38. The van der Waals surface area contributed by atoms with Gasteiger partial charge in [-0.2, -0.15) is 4.98 Å². The van der Waals surface area contributed by atoms with E-state index in [9.17, 15) is 4.79 Å². The van der Waals surface area contributed by atoms with E-state index >= 15 is 0 Å². The molecular formula is C10H17ClN4O2. The van der Waals surface area contributed by atoms with Crippen LogP contribution >= 0.6 is 12.4 Å². The average molecular weight is 261 g/mol. The second-order valence-electron chi connectivity index (χ2n) is 4.15. The summed E-state index contributed by atoms with van der Waals surface area (Å²) >= 11 is 0. The van der Waals surface area contributed by atoms with Gasteiger partial charge in [0.2, 0.25) is 11.8 Å². The second-order valence-corrected chi connectivity index (χ2v) is 4.15. The number of nitrogens with one attached hydrogen (secondary N) is 2. The minimum atomic E-state index is -0.463. The fourth-order valence-electron chi connectivity index (χ4n) is 2.09. The van der Waals surface area contributed by atoms with Gasteiger partial charge in [-0.25, -0.2) is 0 Å². The number of halogens is 1. The van der Waals surface area contributed by atoms with Gasteiger partial charge < -0.3 is 15.2 Å². The normalized spacial score (nSPS) is 18.2. The van der Waals surface area contributed by atoms with E-state index in [2.05, 4.69) is 20.8 Å². The minimum absolute atomic E-state index is 0. The zero-order valence-electron chi connectivity index (χ0n) is 9.95. The zero-order valence-corrected chi connectivity index (χ0v) is 10.8. The van der Waals surface area contributed by atoms with Gasteiger partial charge in [-0.1, -0.05) is 5.16 Å². The third kappa shape index (κ3) is 2.95. The van der Waals surface area contributed by atoms with Crippen molar-refractivity contribution in [3.63, 3.8) is 0 Å². The standard InChI is InChI=1S/C10H16N4O2.ClH/c1-7(15)13-10(3-5-11-6-4-10)9-12-8(2)16-14-9;/h11H,3-6H2,1-2H3,(H,13,15);1H. The first-order chi connectivity index (χ1) is 7.62. The molecule has 0 unspecified atom stereocenters. The highest BCUT2D eigenvalue weighted by Crippen LogP contribution is 2.28. The van der Waals surface area contributed by atoms with Crippen molar-refractivity contribution >= 4 is 18.3 Å². The summed E-state index contributed by atoms with van der Waals surface area (Å²) in [6.07, 6.45) is 1.57. The molecule has 0 radical (unpaired) electrons. The Morgan fingerprint density at radius 2 is 2.12 bits per heavy atom. The highest BCUT2D eigenvalue weighted by atomic mass is 35.5. The number of hydrogen-bond donors (Lipinski definition) is 2. The third-order valence-electron chi connectivity index (χ3n) is 2.83. The maximum absolute atomic E-state index is 11.3. The van der Waals surface area contributed by atoms with Crippen molar-refractivity contribution in [2.24, 2.45) is 0 Å². The van der Waals surface area contributed by atoms with Crippen molar-refractivity contribution in [2.75, 3.05) is 13.1 Å². The lowest BCUT2D eigenvalue weighted by molar-refractivity contribution is -0.121. The predicted molar refractivity (Wildman–Crippen MR) is 63.9 cm³/mol. The quantitative estimate of drug-likeness (QED) is 0.810. The molecule has 2 N–H and O–H groups in total. The molecule has 2 rings (SSSR count). The van der Waals surface area contributed by atoms with Crippen LogP contribution in [0.3, 0.4) is 0 Å². The van der Waals surface area contributed by atoms with E-state index in [-0.39, 0.29) is 18.3 Å². The Balaban J connectivity index is 0.00000144. The summed E-state index contributed by atoms with van der Waals surface area (Å²) in [5.41, 5.74) is -0.463. The van der Waals surface area contributed by atoms with E-state index in [0.717, 1.165) is 25.9 Å². The maximum atomic E-state index is 11.3. The molecule has 0 atom stereocenters. The van der Waals surface area contributed by atoms with Crippen LogP contribution in [0.4, 0.5) is 0 Å². The summed E-state index contributed by atoms with van der Waals surface area (Å²) in [5.74, 6) is 1.05. The molecule has 1 aliphatic heterocycles. The molecule has 0 saturated carbocycles. The molecule has 0 bridgehead atoms. The summed E-state index contributed by atoms with van der Waals surface area (Å²) in [6.45, 7) is 4.94. The Morgan fingerprint density at radius 1 is 1.47 bits per heavy atom. The molecule has 96 valence electrons. The highest BCUT2D eigenvalue weighted by molar-refractivity contribution is 5.85. The Labute approximate surface area is 106 Å². The number of carbonyl (C=O) groups is 1. The number of nitrogens with zero attached hydrogens (tertiary/aromatic N) is 2. The van der Waals surface area contributed by atoms with Gasteiger partial charge in [0.25, 0.3) is 0 Å². The smallest absolute Gasteiger partial charge is 0.223 e. The molecular weight excluding hydrogens is 244 g/mol. The minimum Gasteiger partial charge on any atom is -0.343 e. The summed E-state index contributed by atoms with van der Waals surface area (Å²) < 4.78 is 4.99. The second kappa shape index (κ2) is 5.46. The Bertz CT molecular complexity index is 387. The van der Waals surface area contributed by atoms with Crippen LogP contribution < -0.4 is 10.6 Å². The van der Waals surface area contributed by atoms with Gasteiger partial charge in [-0.3, -0.25) is 4.79 Å². The lowest BCUT2D eigenvalue weighted by Crippen LogP contribution is -2.52. The molecule has 1 fully saturated rings. The van der Waals surface area contributed by atoms with E-state index in [1.807, 2.05) is 0 Å². The molecule has 1 aromatic rings. The number of rotatable bonds is 2. The van der Waals surface area contributed by atoms with Crippen LogP contribution in [-0.2, 0) is 10.3 Å². The van der Waals surface area contributed by atoms with Gasteiger partial charge in [0, 0.05) is 13.8 Å². The average Bonchev–Trinajstić information content (AvgIpc) is 2.66. The number of amides is 1. The fourth-order valence-corrected chi connectivity index (χ4v) is 2.09. The van der Waals surface area contributed by atoms with E-state index < -0.39 is 5.54 Å². The van der Waals surface area contributed by atoms with Crippen molar-refractivity contribution in [3.05, 3.63) is 11.7 Å². The van der Waals surface area contributed by atoms with Crippen LogP contribution in [-0.4, -0.2) is 29.1 Å². The molecule has 1 aromatic heterocycles. The molecule has 1 amide bonds. The Morgan fingerprint density at radius 3 is 2.59 bits per heavy atom. The van der Waals surface area contributed by atoms with Crippen LogP contribution in [0.2, 0.25) is 0 Å². The zero-order chi connectivity index (χ0) is 11.6. The van der Waals surface area contributed by atoms with Crippen molar-refractivity contribution < 1.29 is 9.32 Å². The van der Waals surface area contributed by atoms with Crippen LogP contribution in [0.5, 0.6) is 0 Å². The molecule has 1 aliphatic rings. The number of aromatic nitrogens is 2. The first-order valence-electron chi connectivity index (χ1n) is 5.43. The van der Waals surface area contributed by atoms with Gasteiger partial charge in [0.05, 0.1) is 0 Å². The van der Waals surface area contributed by atoms with Crippen LogP contribution in [0, 0.1) is 6.92 Å². The molecule has 0 spiro atoms. The van der Waals surface area contributed by atoms with Gasteiger partial charge in [0.15, 0.2) is 5.82 Å². The third-order valence-corrected chi connectivity index (χ3v) is 2.83. The van der Waals surface area contributed by atoms with E-state index in [1.165, 1.54) is 6.92 Å². The van der Waals surface area contributed by atoms with Crippen molar-refractivity contribution in [3.8, 4) is 0 Å². The lowest BCUT2D eigenvalue weighted by Gasteiger charge is -2.35. The number of piperidine rings is 1. The largest absolute Gasteiger partial charge is 0.343 e. The van der Waals surface area contributed by atoms with Crippen molar-refractivity contribution in [1.82, 2.24) is 20.8 Å².